The summed E-state index contributed by atoms with van der Waals surface area (Å²) in [7, 11) is 2.17. The molecule has 1 saturated heterocycles. The summed E-state index contributed by atoms with van der Waals surface area (Å²) in [6.07, 6.45) is 7.26. The maximum absolute atomic E-state index is 6.06. The Labute approximate surface area is 143 Å². The molecule has 4 heteroatoms. The van der Waals surface area contributed by atoms with Crippen LogP contribution < -0.4 is 10.2 Å². The van der Waals surface area contributed by atoms with E-state index in [-0.39, 0.29) is 6.10 Å². The van der Waals surface area contributed by atoms with Crippen LogP contribution in [0.1, 0.15) is 35.6 Å². The molecule has 1 aromatic heterocycles. The first-order chi connectivity index (χ1) is 11.8. The van der Waals surface area contributed by atoms with Gasteiger partial charge in [-0.25, -0.2) is 0 Å². The van der Waals surface area contributed by atoms with E-state index < -0.39 is 0 Å². The molecule has 4 rings (SSSR count). The molecule has 1 aromatic carbocycles. The maximum atomic E-state index is 6.06. The van der Waals surface area contributed by atoms with Gasteiger partial charge in [-0.2, -0.15) is 0 Å². The third-order valence-corrected chi connectivity index (χ3v) is 5.20. The monoisotopic (exact) mass is 323 g/mol. The van der Waals surface area contributed by atoms with E-state index in [1.807, 2.05) is 12.4 Å². The summed E-state index contributed by atoms with van der Waals surface area (Å²) in [4.78, 5) is 6.45. The highest BCUT2D eigenvalue weighted by Gasteiger charge is 2.27. The van der Waals surface area contributed by atoms with Crippen molar-refractivity contribution in [2.75, 3.05) is 25.1 Å². The Bertz CT molecular complexity index is 689. The van der Waals surface area contributed by atoms with Crippen molar-refractivity contribution in [2.24, 2.45) is 0 Å². The van der Waals surface area contributed by atoms with Crippen molar-refractivity contribution in [3.63, 3.8) is 0 Å². The molecule has 24 heavy (non-hydrogen) atoms. The fourth-order valence-electron chi connectivity index (χ4n) is 3.85. The van der Waals surface area contributed by atoms with Crippen LogP contribution in [-0.4, -0.2) is 31.2 Å². The normalized spacial score (nSPS) is 23.3. The van der Waals surface area contributed by atoms with Crippen LogP contribution in [0, 0.1) is 0 Å². The molecule has 2 atom stereocenters. The number of nitrogens with zero attached hydrogens (tertiary/aromatic N) is 2. The topological polar surface area (TPSA) is 37.4 Å². The lowest BCUT2D eigenvalue weighted by molar-refractivity contribution is -0.0112. The van der Waals surface area contributed by atoms with E-state index in [4.69, 9.17) is 4.74 Å². The molecular weight excluding hydrogens is 298 g/mol. The molecule has 0 amide bonds. The van der Waals surface area contributed by atoms with E-state index in [0.717, 1.165) is 39.0 Å². The molecule has 126 valence electrons. The molecule has 0 spiro atoms. The molecular formula is C20H25N3O. The second-order valence-electron chi connectivity index (χ2n) is 6.84. The van der Waals surface area contributed by atoms with Gasteiger partial charge in [0.2, 0.25) is 0 Å². The third kappa shape index (κ3) is 3.17. The van der Waals surface area contributed by atoms with Crippen molar-refractivity contribution in [3.05, 3.63) is 59.4 Å². The van der Waals surface area contributed by atoms with Crippen molar-refractivity contribution >= 4 is 5.69 Å². The molecule has 0 radical (unpaired) electrons. The lowest BCUT2D eigenvalue weighted by Gasteiger charge is -2.33. The second kappa shape index (κ2) is 6.91. The van der Waals surface area contributed by atoms with E-state index in [1.165, 1.54) is 22.4 Å². The fraction of sp³-hybridized carbons (Fsp3) is 0.450. The summed E-state index contributed by atoms with van der Waals surface area (Å²) in [5.41, 5.74) is 5.44. The minimum Gasteiger partial charge on any atom is -0.374 e. The molecule has 2 aromatic rings. The number of aromatic nitrogens is 1. The Morgan fingerprint density at radius 3 is 3.00 bits per heavy atom. The number of anilines is 1. The molecule has 4 nitrogen and oxygen atoms in total. The second-order valence-corrected chi connectivity index (χ2v) is 6.84. The van der Waals surface area contributed by atoms with Crippen molar-refractivity contribution in [1.29, 1.82) is 0 Å². The predicted octanol–water partition coefficient (Wildman–Crippen LogP) is 3.08. The van der Waals surface area contributed by atoms with Crippen LogP contribution in [0.5, 0.6) is 0 Å². The molecule has 0 bridgehead atoms. The van der Waals surface area contributed by atoms with Crippen molar-refractivity contribution in [1.82, 2.24) is 10.3 Å². The highest BCUT2D eigenvalue weighted by atomic mass is 16.5. The first-order valence-electron chi connectivity index (χ1n) is 8.89. The number of fused-ring (bicyclic) bond motifs is 1. The zero-order chi connectivity index (χ0) is 16.4. The van der Waals surface area contributed by atoms with Crippen LogP contribution in [-0.2, 0) is 17.7 Å². The first kappa shape index (κ1) is 15.6. The minimum atomic E-state index is 0.127. The van der Waals surface area contributed by atoms with Gasteiger partial charge < -0.3 is 15.0 Å². The predicted molar refractivity (Wildman–Crippen MR) is 96.2 cm³/mol. The van der Waals surface area contributed by atoms with Crippen LogP contribution in [0.2, 0.25) is 0 Å². The molecule has 1 N–H and O–H groups in total. The van der Waals surface area contributed by atoms with Gasteiger partial charge in [-0.05, 0) is 54.2 Å². The number of ether oxygens (including phenoxy) is 1. The number of nitrogens with one attached hydrogen (secondary N) is 1. The molecule has 2 aliphatic rings. The summed E-state index contributed by atoms with van der Waals surface area (Å²) in [5, 5.41) is 3.73. The lowest BCUT2D eigenvalue weighted by atomic mass is 9.96. The summed E-state index contributed by atoms with van der Waals surface area (Å²) in [6.45, 7) is 2.87. The molecule has 0 unspecified atom stereocenters. The Morgan fingerprint density at radius 2 is 2.12 bits per heavy atom. The maximum Gasteiger partial charge on any atom is 0.0978 e. The number of benzene rings is 1. The van der Waals surface area contributed by atoms with E-state index in [1.54, 1.807) is 0 Å². The zero-order valence-corrected chi connectivity index (χ0v) is 14.2. The summed E-state index contributed by atoms with van der Waals surface area (Å²) in [6, 6.07) is 11.4. The van der Waals surface area contributed by atoms with Gasteiger partial charge >= 0.3 is 0 Å². The summed E-state index contributed by atoms with van der Waals surface area (Å²) >= 11 is 0. The van der Waals surface area contributed by atoms with Gasteiger partial charge in [0, 0.05) is 50.9 Å². The van der Waals surface area contributed by atoms with Gasteiger partial charge in [0.05, 0.1) is 6.10 Å². The molecule has 3 heterocycles. The van der Waals surface area contributed by atoms with Crippen molar-refractivity contribution in [3.8, 4) is 0 Å². The SMILES string of the molecule is CN1CCc2cc(CN[C@H]3CCCO[C@@H]3c3ccncc3)ccc21. The zero-order valence-electron chi connectivity index (χ0n) is 14.2. The summed E-state index contributed by atoms with van der Waals surface area (Å²) in [5.74, 6) is 0. The Balaban J connectivity index is 1.44. The Morgan fingerprint density at radius 1 is 1.25 bits per heavy atom. The van der Waals surface area contributed by atoms with Gasteiger partial charge in [-0.1, -0.05) is 12.1 Å². The van der Waals surface area contributed by atoms with E-state index in [2.05, 4.69) is 52.6 Å². The van der Waals surface area contributed by atoms with Crippen LogP contribution in [0.3, 0.4) is 0 Å². The smallest absolute Gasteiger partial charge is 0.0978 e. The quantitative estimate of drug-likeness (QED) is 0.938. The number of hydrogen-bond donors (Lipinski definition) is 1. The molecule has 0 aliphatic carbocycles. The van der Waals surface area contributed by atoms with E-state index >= 15 is 0 Å². The van der Waals surface area contributed by atoms with Gasteiger partial charge in [0.25, 0.3) is 0 Å². The minimum absolute atomic E-state index is 0.127. The molecule has 2 aliphatic heterocycles. The Kier molecular flexibility index (Phi) is 4.50. The van der Waals surface area contributed by atoms with Gasteiger partial charge in [0.1, 0.15) is 0 Å². The highest BCUT2D eigenvalue weighted by molar-refractivity contribution is 5.58. The van der Waals surface area contributed by atoms with E-state index in [9.17, 15) is 0 Å². The van der Waals surface area contributed by atoms with E-state index in [0.29, 0.717) is 6.04 Å². The van der Waals surface area contributed by atoms with Crippen LogP contribution >= 0.6 is 0 Å². The summed E-state index contributed by atoms with van der Waals surface area (Å²) < 4.78 is 6.06. The van der Waals surface area contributed by atoms with Crippen molar-refractivity contribution < 1.29 is 4.74 Å². The van der Waals surface area contributed by atoms with Crippen molar-refractivity contribution in [2.45, 2.75) is 38.0 Å². The van der Waals surface area contributed by atoms with Crippen LogP contribution in [0.4, 0.5) is 5.69 Å². The lowest BCUT2D eigenvalue weighted by Crippen LogP contribution is -2.39. The molecule has 0 saturated carbocycles. The third-order valence-electron chi connectivity index (χ3n) is 5.20. The fourth-order valence-corrected chi connectivity index (χ4v) is 3.85. The van der Waals surface area contributed by atoms with Crippen LogP contribution in [0.15, 0.2) is 42.7 Å². The number of likely N-dealkylation sites (N-methyl/N-ethyl adjacent to an activating group) is 1. The van der Waals surface area contributed by atoms with Gasteiger partial charge in [-0.15, -0.1) is 0 Å². The van der Waals surface area contributed by atoms with Gasteiger partial charge in [0.15, 0.2) is 0 Å². The number of rotatable bonds is 4. The average molecular weight is 323 g/mol. The first-order valence-corrected chi connectivity index (χ1v) is 8.89. The largest absolute Gasteiger partial charge is 0.374 e. The van der Waals surface area contributed by atoms with Gasteiger partial charge in [-0.3, -0.25) is 4.98 Å². The van der Waals surface area contributed by atoms with Crippen LogP contribution in [0.25, 0.3) is 0 Å². The highest BCUT2D eigenvalue weighted by Crippen LogP contribution is 2.30. The number of pyridine rings is 1. The molecule has 1 fully saturated rings. The average Bonchev–Trinajstić information content (AvgIpc) is 3.01. The number of hydrogen-bond acceptors (Lipinski definition) is 4. The standard InChI is InChI=1S/C20H25N3O/c1-23-11-8-17-13-15(4-5-19(17)23)14-22-18-3-2-12-24-20(18)16-6-9-21-10-7-16/h4-7,9-10,13,18,20,22H,2-3,8,11-12,14H2,1H3/t18-,20+/m0/s1. The Hall–Kier alpha value is -1.91.